The molecule has 1 atom stereocenters. The first kappa shape index (κ1) is 13.3. The molecule has 1 aromatic rings. The predicted octanol–water partition coefficient (Wildman–Crippen LogP) is 2.48. The monoisotopic (exact) mass is 242 g/mol. The van der Waals surface area contributed by atoms with Gasteiger partial charge in [0.25, 0.3) is 0 Å². The van der Waals surface area contributed by atoms with Crippen LogP contribution in [0.25, 0.3) is 0 Å². The molecule has 0 radical (unpaired) electrons. The Bertz CT molecular complexity index is 331. The van der Waals surface area contributed by atoms with Crippen LogP contribution in [0.1, 0.15) is 30.9 Å². The molecule has 0 bridgehead atoms. The lowest BCUT2D eigenvalue weighted by atomic mass is 10.0. The molecule has 16 heavy (non-hydrogen) atoms. The van der Waals surface area contributed by atoms with E-state index in [2.05, 4.69) is 0 Å². The van der Waals surface area contributed by atoms with Gasteiger partial charge < -0.3 is 16.2 Å². The Hall–Kier alpha value is -0.770. The highest BCUT2D eigenvalue weighted by Gasteiger charge is 2.11. The van der Waals surface area contributed by atoms with Gasteiger partial charge in [0.1, 0.15) is 5.75 Å². The van der Waals surface area contributed by atoms with Gasteiger partial charge in [0.15, 0.2) is 0 Å². The standard InChI is InChI=1S/C12H19ClN2O/c1-16-12-6-5-9(13)8-10(12)11(15)4-2-3-7-14/h5-6,8,11H,2-4,7,14-15H2,1H3/t11-/m0/s1. The van der Waals surface area contributed by atoms with Gasteiger partial charge in [-0.3, -0.25) is 0 Å². The van der Waals surface area contributed by atoms with E-state index in [1.54, 1.807) is 13.2 Å². The molecular formula is C12H19ClN2O. The van der Waals surface area contributed by atoms with Gasteiger partial charge in [-0.05, 0) is 37.6 Å². The molecule has 4 N–H and O–H groups in total. The highest BCUT2D eigenvalue weighted by Crippen LogP contribution is 2.29. The normalized spacial score (nSPS) is 12.5. The predicted molar refractivity (Wildman–Crippen MR) is 67.8 cm³/mol. The number of benzene rings is 1. The maximum atomic E-state index is 6.10. The van der Waals surface area contributed by atoms with Gasteiger partial charge in [-0.2, -0.15) is 0 Å². The minimum Gasteiger partial charge on any atom is -0.496 e. The number of ether oxygens (including phenoxy) is 1. The molecule has 90 valence electrons. The van der Waals surface area contributed by atoms with Gasteiger partial charge in [-0.25, -0.2) is 0 Å². The second-order valence-corrected chi connectivity index (χ2v) is 4.21. The SMILES string of the molecule is COc1ccc(Cl)cc1[C@@H](N)CCCCN. The van der Waals surface area contributed by atoms with E-state index in [1.807, 2.05) is 12.1 Å². The Morgan fingerprint density at radius 1 is 1.38 bits per heavy atom. The fourth-order valence-electron chi connectivity index (χ4n) is 1.66. The van der Waals surface area contributed by atoms with Crippen molar-refractivity contribution < 1.29 is 4.74 Å². The molecule has 4 heteroatoms. The van der Waals surface area contributed by atoms with Crippen molar-refractivity contribution in [2.24, 2.45) is 11.5 Å². The number of nitrogens with two attached hydrogens (primary N) is 2. The van der Waals surface area contributed by atoms with Crippen LogP contribution in [0.2, 0.25) is 5.02 Å². The summed E-state index contributed by atoms with van der Waals surface area (Å²) in [6.07, 6.45) is 2.91. The zero-order chi connectivity index (χ0) is 12.0. The molecule has 0 aliphatic rings. The summed E-state index contributed by atoms with van der Waals surface area (Å²) in [5, 5.41) is 0.685. The third-order valence-electron chi connectivity index (χ3n) is 2.56. The van der Waals surface area contributed by atoms with E-state index >= 15 is 0 Å². The van der Waals surface area contributed by atoms with Crippen molar-refractivity contribution in [2.75, 3.05) is 13.7 Å². The second-order valence-electron chi connectivity index (χ2n) is 3.78. The van der Waals surface area contributed by atoms with Crippen molar-refractivity contribution in [1.29, 1.82) is 0 Å². The van der Waals surface area contributed by atoms with Crippen molar-refractivity contribution in [3.05, 3.63) is 28.8 Å². The van der Waals surface area contributed by atoms with Crippen LogP contribution in [0, 0.1) is 0 Å². The molecule has 1 aromatic carbocycles. The van der Waals surface area contributed by atoms with E-state index in [1.165, 1.54) is 0 Å². The molecule has 0 heterocycles. The molecular weight excluding hydrogens is 224 g/mol. The van der Waals surface area contributed by atoms with Crippen LogP contribution in [0.15, 0.2) is 18.2 Å². The summed E-state index contributed by atoms with van der Waals surface area (Å²) in [7, 11) is 1.64. The summed E-state index contributed by atoms with van der Waals surface area (Å²) < 4.78 is 5.26. The summed E-state index contributed by atoms with van der Waals surface area (Å²) >= 11 is 5.95. The number of methoxy groups -OCH3 is 1. The van der Waals surface area contributed by atoms with Gasteiger partial charge in [0.2, 0.25) is 0 Å². The minimum absolute atomic E-state index is 0.0415. The highest BCUT2D eigenvalue weighted by atomic mass is 35.5. The largest absolute Gasteiger partial charge is 0.496 e. The van der Waals surface area contributed by atoms with Gasteiger partial charge >= 0.3 is 0 Å². The van der Waals surface area contributed by atoms with Gasteiger partial charge in [0.05, 0.1) is 7.11 Å². The Labute approximate surface area is 102 Å². The number of unbranched alkanes of at least 4 members (excludes halogenated alkanes) is 1. The number of hydrogen-bond donors (Lipinski definition) is 2. The lowest BCUT2D eigenvalue weighted by Crippen LogP contribution is -2.12. The molecule has 0 aliphatic heterocycles. The van der Waals surface area contributed by atoms with E-state index < -0.39 is 0 Å². The molecule has 0 aromatic heterocycles. The number of hydrogen-bond acceptors (Lipinski definition) is 3. The highest BCUT2D eigenvalue weighted by molar-refractivity contribution is 6.30. The zero-order valence-corrected chi connectivity index (χ0v) is 10.3. The van der Waals surface area contributed by atoms with Crippen LogP contribution in [-0.4, -0.2) is 13.7 Å². The van der Waals surface area contributed by atoms with E-state index in [-0.39, 0.29) is 6.04 Å². The van der Waals surface area contributed by atoms with Crippen LogP contribution >= 0.6 is 11.6 Å². The molecule has 0 amide bonds. The number of rotatable bonds is 6. The average Bonchev–Trinajstić information content (AvgIpc) is 2.29. The number of halogens is 1. The van der Waals surface area contributed by atoms with E-state index in [4.69, 9.17) is 27.8 Å². The first-order chi connectivity index (χ1) is 7.69. The molecule has 0 saturated carbocycles. The van der Waals surface area contributed by atoms with Gasteiger partial charge in [-0.1, -0.05) is 18.0 Å². The van der Waals surface area contributed by atoms with Crippen LogP contribution in [0.3, 0.4) is 0 Å². The van der Waals surface area contributed by atoms with Crippen molar-refractivity contribution in [3.8, 4) is 5.75 Å². The quantitative estimate of drug-likeness (QED) is 0.754. The maximum Gasteiger partial charge on any atom is 0.123 e. The third-order valence-corrected chi connectivity index (χ3v) is 2.80. The van der Waals surface area contributed by atoms with E-state index in [9.17, 15) is 0 Å². The first-order valence-electron chi connectivity index (χ1n) is 5.48. The molecule has 0 saturated heterocycles. The molecule has 0 aliphatic carbocycles. The Kier molecular flexibility index (Phi) is 5.60. The van der Waals surface area contributed by atoms with Gasteiger partial charge in [0, 0.05) is 16.6 Å². The Morgan fingerprint density at radius 3 is 2.75 bits per heavy atom. The smallest absolute Gasteiger partial charge is 0.123 e. The molecule has 0 fully saturated rings. The van der Waals surface area contributed by atoms with E-state index in [0.717, 1.165) is 30.6 Å². The maximum absolute atomic E-state index is 6.10. The lowest BCUT2D eigenvalue weighted by molar-refractivity contribution is 0.403. The van der Waals surface area contributed by atoms with Crippen molar-refractivity contribution >= 4 is 11.6 Å². The molecule has 1 rings (SSSR count). The topological polar surface area (TPSA) is 61.3 Å². The third kappa shape index (κ3) is 3.67. The average molecular weight is 243 g/mol. The summed E-state index contributed by atoms with van der Waals surface area (Å²) in [6.45, 7) is 0.708. The van der Waals surface area contributed by atoms with Crippen LogP contribution in [-0.2, 0) is 0 Å². The summed E-state index contributed by atoms with van der Waals surface area (Å²) in [4.78, 5) is 0. The first-order valence-corrected chi connectivity index (χ1v) is 5.86. The zero-order valence-electron chi connectivity index (χ0n) is 9.58. The fourth-order valence-corrected chi connectivity index (χ4v) is 1.84. The lowest BCUT2D eigenvalue weighted by Gasteiger charge is -2.15. The summed E-state index contributed by atoms with van der Waals surface area (Å²) in [5.41, 5.74) is 12.5. The molecule has 3 nitrogen and oxygen atoms in total. The molecule has 0 spiro atoms. The van der Waals surface area contributed by atoms with Crippen LogP contribution in [0.4, 0.5) is 0 Å². The summed E-state index contributed by atoms with van der Waals surface area (Å²) in [5.74, 6) is 0.796. The Balaban J connectivity index is 2.72. The van der Waals surface area contributed by atoms with Crippen molar-refractivity contribution in [1.82, 2.24) is 0 Å². The van der Waals surface area contributed by atoms with Crippen molar-refractivity contribution in [2.45, 2.75) is 25.3 Å². The van der Waals surface area contributed by atoms with E-state index in [0.29, 0.717) is 11.6 Å². The Morgan fingerprint density at radius 2 is 2.12 bits per heavy atom. The van der Waals surface area contributed by atoms with Gasteiger partial charge in [-0.15, -0.1) is 0 Å². The minimum atomic E-state index is -0.0415. The van der Waals surface area contributed by atoms with Crippen LogP contribution in [0.5, 0.6) is 5.75 Å². The fraction of sp³-hybridized carbons (Fsp3) is 0.500. The summed E-state index contributed by atoms with van der Waals surface area (Å²) in [6, 6.07) is 5.48. The second kappa shape index (κ2) is 6.74. The molecule has 0 unspecified atom stereocenters. The van der Waals surface area contributed by atoms with Crippen LogP contribution < -0.4 is 16.2 Å². The van der Waals surface area contributed by atoms with Crippen molar-refractivity contribution in [3.63, 3.8) is 0 Å².